The summed E-state index contributed by atoms with van der Waals surface area (Å²) >= 11 is 6.23. The number of aromatic nitrogens is 4. The van der Waals surface area contributed by atoms with Crippen LogP contribution in [0.1, 0.15) is 32.8 Å². The van der Waals surface area contributed by atoms with Crippen molar-refractivity contribution in [2.75, 3.05) is 24.9 Å². The fraction of sp³-hybridized carbons (Fsp3) is 0.520. The van der Waals surface area contributed by atoms with E-state index in [1.54, 1.807) is 46.0 Å². The summed E-state index contributed by atoms with van der Waals surface area (Å²) in [5, 5.41) is 16.5. The number of para-hydroxylation sites is 1. The van der Waals surface area contributed by atoms with Gasteiger partial charge in [-0.3, -0.25) is 13.9 Å². The molecule has 0 spiro atoms. The fourth-order valence-corrected chi connectivity index (χ4v) is 6.06. The van der Waals surface area contributed by atoms with Crippen LogP contribution in [-0.4, -0.2) is 80.2 Å². The van der Waals surface area contributed by atoms with E-state index in [-0.39, 0.29) is 11.4 Å². The molecule has 0 saturated carbocycles. The van der Waals surface area contributed by atoms with Crippen molar-refractivity contribution in [2.24, 2.45) is 0 Å². The molecule has 6 atom stereocenters. The Labute approximate surface area is 241 Å². The number of alkyl halides is 2. The van der Waals surface area contributed by atoms with E-state index in [1.807, 2.05) is 0 Å². The van der Waals surface area contributed by atoms with Crippen molar-refractivity contribution in [3.05, 3.63) is 42.5 Å². The molecule has 4 rings (SSSR count). The van der Waals surface area contributed by atoms with Crippen LogP contribution >= 0.6 is 19.3 Å². The lowest BCUT2D eigenvalue weighted by Gasteiger charge is -2.31. The minimum absolute atomic E-state index is 0.169. The molecule has 224 valence electrons. The summed E-state index contributed by atoms with van der Waals surface area (Å²) in [6.07, 6.45) is -4.30. The Morgan fingerprint density at radius 2 is 2.00 bits per heavy atom. The first kappa shape index (κ1) is 31.1. The first-order chi connectivity index (χ1) is 19.4. The maximum atomic E-state index is 15.7. The van der Waals surface area contributed by atoms with Crippen LogP contribution in [0.4, 0.5) is 10.2 Å². The Hall–Kier alpha value is -2.87. The SMILES string of the molecule is CNc1nc(C)nc2c1ncn2[C@@H]1O[C@](CCl)(CO[P@@](=O)(N[C@@H](C)C(=O)OC(C)C)Oc2ccccc2)[C@@H](O)[C@H]1F. The number of hydrogen-bond donors (Lipinski definition) is 3. The molecule has 2 aromatic heterocycles. The smallest absolute Gasteiger partial charge is 0.459 e. The van der Waals surface area contributed by atoms with Gasteiger partial charge >= 0.3 is 13.7 Å². The minimum atomic E-state index is -4.36. The van der Waals surface area contributed by atoms with Crippen LogP contribution in [0.5, 0.6) is 5.75 Å². The normalized spacial score (nSPS) is 24.8. The average molecular weight is 615 g/mol. The fourth-order valence-electron chi connectivity index (χ4n) is 4.21. The van der Waals surface area contributed by atoms with E-state index in [1.165, 1.54) is 30.0 Å². The van der Waals surface area contributed by atoms with E-state index in [4.69, 9.17) is 30.1 Å². The number of aliphatic hydroxyl groups is 1. The molecule has 0 unspecified atom stereocenters. The van der Waals surface area contributed by atoms with Gasteiger partial charge < -0.3 is 24.4 Å². The third-order valence-electron chi connectivity index (χ3n) is 6.24. The van der Waals surface area contributed by atoms with Crippen molar-refractivity contribution >= 4 is 42.3 Å². The average Bonchev–Trinajstić information content (AvgIpc) is 3.46. The van der Waals surface area contributed by atoms with Gasteiger partial charge in [0.05, 0.1) is 24.9 Å². The number of carbonyl (C=O) groups excluding carboxylic acids is 1. The van der Waals surface area contributed by atoms with Crippen molar-refractivity contribution in [1.82, 2.24) is 24.6 Å². The summed E-state index contributed by atoms with van der Waals surface area (Å²) in [4.78, 5) is 25.3. The zero-order valence-electron chi connectivity index (χ0n) is 23.2. The number of rotatable bonds is 12. The van der Waals surface area contributed by atoms with Crippen molar-refractivity contribution in [3.63, 3.8) is 0 Å². The number of ether oxygens (including phenoxy) is 2. The molecule has 13 nitrogen and oxygen atoms in total. The number of fused-ring (bicyclic) bond motifs is 1. The Balaban J connectivity index is 1.61. The maximum absolute atomic E-state index is 15.7. The third kappa shape index (κ3) is 6.63. The van der Waals surface area contributed by atoms with Crippen LogP contribution in [0.2, 0.25) is 0 Å². The molecule has 3 heterocycles. The second-order valence-electron chi connectivity index (χ2n) is 9.80. The summed E-state index contributed by atoms with van der Waals surface area (Å²) in [6.45, 7) is 5.77. The number of aliphatic hydroxyl groups excluding tert-OH is 1. The summed E-state index contributed by atoms with van der Waals surface area (Å²) in [6, 6.07) is 6.99. The lowest BCUT2D eigenvalue weighted by Crippen LogP contribution is -2.48. The predicted octanol–water partition coefficient (Wildman–Crippen LogP) is 3.52. The van der Waals surface area contributed by atoms with E-state index in [0.717, 1.165) is 0 Å². The molecular formula is C25H33ClFN6O7P. The van der Waals surface area contributed by atoms with Gasteiger partial charge in [0.25, 0.3) is 0 Å². The molecule has 41 heavy (non-hydrogen) atoms. The topological polar surface area (TPSA) is 159 Å². The Bertz CT molecular complexity index is 1420. The number of benzene rings is 1. The molecular weight excluding hydrogens is 582 g/mol. The molecule has 1 aromatic carbocycles. The number of aryl methyl sites for hydroxylation is 1. The van der Waals surface area contributed by atoms with E-state index in [2.05, 4.69) is 25.4 Å². The monoisotopic (exact) mass is 614 g/mol. The molecule has 0 amide bonds. The number of anilines is 1. The Morgan fingerprint density at radius 3 is 2.63 bits per heavy atom. The largest absolute Gasteiger partial charge is 0.462 e. The molecule has 1 fully saturated rings. The number of nitrogens with zero attached hydrogens (tertiary/aromatic N) is 4. The van der Waals surface area contributed by atoms with Gasteiger partial charge in [0.15, 0.2) is 29.4 Å². The summed E-state index contributed by atoms with van der Waals surface area (Å²) in [5.74, 6) is -0.132. The molecule has 3 N–H and O–H groups in total. The van der Waals surface area contributed by atoms with Crippen LogP contribution < -0.4 is 14.9 Å². The highest BCUT2D eigenvalue weighted by Crippen LogP contribution is 2.49. The van der Waals surface area contributed by atoms with Gasteiger partial charge in [-0.25, -0.2) is 23.9 Å². The highest BCUT2D eigenvalue weighted by molar-refractivity contribution is 7.52. The highest BCUT2D eigenvalue weighted by atomic mass is 35.5. The van der Waals surface area contributed by atoms with Crippen molar-refractivity contribution < 1.29 is 37.4 Å². The second kappa shape index (κ2) is 12.6. The van der Waals surface area contributed by atoms with Gasteiger partial charge in [-0.15, -0.1) is 11.6 Å². The number of imidazole rings is 1. The molecule has 1 aliphatic rings. The standard InChI is InChI=1S/C25H33ClFN6O7P/c1-14(2)38-24(35)15(3)32-41(36,40-17-9-7-6-8-10-17)37-12-25(11-26)20(34)18(27)23(39-25)33-13-29-19-21(28-5)30-16(4)31-22(19)33/h6-10,13-15,18,20,23,34H,11-12H2,1-5H3,(H,32,36)(H,28,30,31)/t15-,18+,20-,23+,25+,41-/m0/s1. The third-order valence-corrected chi connectivity index (χ3v) is 8.32. The van der Waals surface area contributed by atoms with Crippen LogP contribution in [0, 0.1) is 6.92 Å². The van der Waals surface area contributed by atoms with Crippen molar-refractivity contribution in [2.45, 2.75) is 63.9 Å². The highest BCUT2D eigenvalue weighted by Gasteiger charge is 2.57. The van der Waals surface area contributed by atoms with Gasteiger partial charge in [0.1, 0.15) is 29.3 Å². The molecule has 0 aliphatic carbocycles. The first-order valence-electron chi connectivity index (χ1n) is 12.8. The molecule has 0 bridgehead atoms. The van der Waals surface area contributed by atoms with Gasteiger partial charge in [-0.05, 0) is 39.8 Å². The second-order valence-corrected chi connectivity index (χ2v) is 11.8. The molecule has 16 heteroatoms. The van der Waals surface area contributed by atoms with Gasteiger partial charge in [0.2, 0.25) is 0 Å². The zero-order chi connectivity index (χ0) is 29.9. The first-order valence-corrected chi connectivity index (χ1v) is 14.9. The van der Waals surface area contributed by atoms with Crippen LogP contribution in [0.25, 0.3) is 11.2 Å². The zero-order valence-corrected chi connectivity index (χ0v) is 24.8. The predicted molar refractivity (Wildman–Crippen MR) is 149 cm³/mol. The number of esters is 1. The summed E-state index contributed by atoms with van der Waals surface area (Å²) in [5.41, 5.74) is -1.23. The van der Waals surface area contributed by atoms with Gasteiger partial charge in [-0.2, -0.15) is 5.09 Å². The Kier molecular flexibility index (Phi) is 9.52. The molecule has 1 aliphatic heterocycles. The lowest BCUT2D eigenvalue weighted by atomic mass is 9.99. The number of halogens is 2. The summed E-state index contributed by atoms with van der Waals surface area (Å²) in [7, 11) is -2.69. The van der Waals surface area contributed by atoms with Gasteiger partial charge in [0, 0.05) is 7.05 Å². The van der Waals surface area contributed by atoms with Crippen molar-refractivity contribution in [1.29, 1.82) is 0 Å². The molecule has 3 aromatic rings. The summed E-state index contributed by atoms with van der Waals surface area (Å²) < 4.78 is 53.4. The number of carbonyl (C=O) groups is 1. The Morgan fingerprint density at radius 1 is 1.29 bits per heavy atom. The van der Waals surface area contributed by atoms with Crippen molar-refractivity contribution in [3.8, 4) is 5.75 Å². The van der Waals surface area contributed by atoms with E-state index >= 15 is 4.39 Å². The molecule has 0 radical (unpaired) electrons. The lowest BCUT2D eigenvalue weighted by molar-refractivity contribution is -0.149. The number of nitrogens with one attached hydrogen (secondary N) is 2. The number of hydrogen-bond acceptors (Lipinski definition) is 11. The van der Waals surface area contributed by atoms with E-state index in [0.29, 0.717) is 17.2 Å². The van der Waals surface area contributed by atoms with Gasteiger partial charge in [-0.1, -0.05) is 18.2 Å². The van der Waals surface area contributed by atoms with Crippen LogP contribution in [0.15, 0.2) is 36.7 Å². The molecule has 1 saturated heterocycles. The maximum Gasteiger partial charge on any atom is 0.459 e. The van der Waals surface area contributed by atoms with Crippen LogP contribution in [0.3, 0.4) is 0 Å². The van der Waals surface area contributed by atoms with E-state index in [9.17, 15) is 14.5 Å². The minimum Gasteiger partial charge on any atom is -0.462 e. The van der Waals surface area contributed by atoms with E-state index < -0.39 is 62.5 Å². The van der Waals surface area contributed by atoms with Crippen LogP contribution in [-0.2, 0) is 23.4 Å². The quantitative estimate of drug-likeness (QED) is 0.155.